The first-order chi connectivity index (χ1) is 10.5. The van der Waals surface area contributed by atoms with Crippen LogP contribution in [-0.2, 0) is 10.2 Å². The van der Waals surface area contributed by atoms with Crippen molar-refractivity contribution < 1.29 is 17.4 Å². The van der Waals surface area contributed by atoms with Crippen molar-refractivity contribution in [2.24, 2.45) is 0 Å². The van der Waals surface area contributed by atoms with E-state index in [0.29, 0.717) is 18.1 Å². The number of hydrogen-bond acceptors (Lipinski definition) is 6. The van der Waals surface area contributed by atoms with Gasteiger partial charge < -0.3 is 8.94 Å². The molecule has 1 saturated heterocycles. The van der Waals surface area contributed by atoms with E-state index in [2.05, 4.69) is 14.9 Å². The molecule has 3 heterocycles. The van der Waals surface area contributed by atoms with Crippen molar-refractivity contribution in [2.75, 3.05) is 6.54 Å². The van der Waals surface area contributed by atoms with Crippen molar-refractivity contribution in [1.82, 2.24) is 19.2 Å². The van der Waals surface area contributed by atoms with Crippen LogP contribution in [-0.4, -0.2) is 29.4 Å². The van der Waals surface area contributed by atoms with Crippen molar-refractivity contribution in [2.45, 2.75) is 38.8 Å². The summed E-state index contributed by atoms with van der Waals surface area (Å²) >= 11 is 0. The molecule has 1 N–H and O–H groups in total. The zero-order valence-electron chi connectivity index (χ0n) is 12.4. The number of hydrogen-bond donors (Lipinski definition) is 1. The molecule has 8 nitrogen and oxygen atoms in total. The molecule has 1 fully saturated rings. The molecule has 0 unspecified atom stereocenters. The Morgan fingerprint density at radius 3 is 2.95 bits per heavy atom. The third-order valence-corrected chi connectivity index (χ3v) is 5.33. The topological polar surface area (TPSA) is 101 Å². The lowest BCUT2D eigenvalue weighted by Crippen LogP contribution is -2.41. The number of aryl methyl sites for hydroxylation is 1. The van der Waals surface area contributed by atoms with Crippen molar-refractivity contribution >= 4 is 10.2 Å². The van der Waals surface area contributed by atoms with E-state index in [1.54, 1.807) is 32.2 Å². The van der Waals surface area contributed by atoms with Crippen LogP contribution in [0.3, 0.4) is 0 Å². The Morgan fingerprint density at radius 2 is 2.32 bits per heavy atom. The summed E-state index contributed by atoms with van der Waals surface area (Å²) in [4.78, 5) is 4.05. The monoisotopic (exact) mass is 326 g/mol. The zero-order valence-corrected chi connectivity index (χ0v) is 13.2. The molecule has 2 aromatic heterocycles. The molecule has 0 saturated carbocycles. The average molecular weight is 326 g/mol. The lowest BCUT2D eigenvalue weighted by molar-refractivity contribution is 0.322. The van der Waals surface area contributed by atoms with E-state index in [4.69, 9.17) is 8.94 Å². The van der Waals surface area contributed by atoms with Crippen LogP contribution in [0.4, 0.5) is 0 Å². The van der Waals surface area contributed by atoms with E-state index >= 15 is 0 Å². The first kappa shape index (κ1) is 15.2. The van der Waals surface area contributed by atoms with Gasteiger partial charge in [0.05, 0.1) is 18.3 Å². The van der Waals surface area contributed by atoms with Gasteiger partial charge in [0, 0.05) is 6.54 Å². The Balaban J connectivity index is 1.77. The molecule has 0 bridgehead atoms. The molecule has 0 amide bonds. The summed E-state index contributed by atoms with van der Waals surface area (Å²) in [7, 11) is -3.68. The number of furan rings is 1. The molecule has 0 spiro atoms. The standard InChI is InChI=1S/C13H18N4O4S/c1-9(13-14-10(2)15-21-13)16-22(18,19)17-7-3-5-11(17)12-6-4-8-20-12/h4,6,8-9,11,16H,3,5,7H2,1-2H3/t9-,11+/m1/s1. The molecule has 9 heteroatoms. The summed E-state index contributed by atoms with van der Waals surface area (Å²) in [5.41, 5.74) is 0. The van der Waals surface area contributed by atoms with Crippen LogP contribution in [0.15, 0.2) is 27.3 Å². The SMILES string of the molecule is Cc1noc([C@@H](C)NS(=O)(=O)N2CCC[C@H]2c2ccco2)n1. The van der Waals surface area contributed by atoms with Gasteiger partial charge in [0.2, 0.25) is 5.89 Å². The van der Waals surface area contributed by atoms with E-state index in [9.17, 15) is 8.42 Å². The lowest BCUT2D eigenvalue weighted by atomic mass is 10.2. The van der Waals surface area contributed by atoms with Crippen LogP contribution >= 0.6 is 0 Å². The smallest absolute Gasteiger partial charge is 0.280 e. The molecule has 2 atom stereocenters. The third kappa shape index (κ3) is 2.92. The van der Waals surface area contributed by atoms with E-state index in [1.165, 1.54) is 4.31 Å². The Bertz CT molecular complexity index is 725. The van der Waals surface area contributed by atoms with Crippen molar-refractivity contribution in [3.05, 3.63) is 35.9 Å². The predicted molar refractivity (Wildman–Crippen MR) is 76.9 cm³/mol. The van der Waals surface area contributed by atoms with Gasteiger partial charge in [-0.25, -0.2) is 0 Å². The van der Waals surface area contributed by atoms with Crippen LogP contribution in [0, 0.1) is 6.92 Å². The van der Waals surface area contributed by atoms with Crippen LogP contribution in [0.1, 0.15) is 49.3 Å². The van der Waals surface area contributed by atoms with Gasteiger partial charge in [0.25, 0.3) is 10.2 Å². The van der Waals surface area contributed by atoms with Gasteiger partial charge >= 0.3 is 0 Å². The number of aromatic nitrogens is 2. The van der Waals surface area contributed by atoms with Crippen LogP contribution in [0.5, 0.6) is 0 Å². The summed E-state index contributed by atoms with van der Waals surface area (Å²) < 4.78 is 39.6. The van der Waals surface area contributed by atoms with Gasteiger partial charge in [0.15, 0.2) is 5.82 Å². The van der Waals surface area contributed by atoms with E-state index < -0.39 is 16.3 Å². The maximum Gasteiger partial charge on any atom is 0.280 e. The van der Waals surface area contributed by atoms with Gasteiger partial charge in [-0.1, -0.05) is 5.16 Å². The Kier molecular flexibility index (Phi) is 4.02. The summed E-state index contributed by atoms with van der Waals surface area (Å²) in [5, 5.41) is 3.67. The fourth-order valence-corrected chi connectivity index (χ4v) is 4.22. The average Bonchev–Trinajstić information content (AvgIpc) is 3.19. The predicted octanol–water partition coefficient (Wildman–Crippen LogP) is 1.70. The van der Waals surface area contributed by atoms with Crippen molar-refractivity contribution in [1.29, 1.82) is 0 Å². The quantitative estimate of drug-likeness (QED) is 0.897. The summed E-state index contributed by atoms with van der Waals surface area (Å²) in [6.07, 6.45) is 3.08. The highest BCUT2D eigenvalue weighted by Crippen LogP contribution is 2.34. The number of nitrogens with zero attached hydrogens (tertiary/aromatic N) is 3. The first-order valence-corrected chi connectivity index (χ1v) is 8.54. The molecule has 120 valence electrons. The Morgan fingerprint density at radius 1 is 1.50 bits per heavy atom. The molecular weight excluding hydrogens is 308 g/mol. The molecule has 0 aliphatic carbocycles. The molecule has 1 aliphatic rings. The molecule has 3 rings (SSSR count). The molecule has 2 aromatic rings. The van der Waals surface area contributed by atoms with Crippen LogP contribution in [0.2, 0.25) is 0 Å². The first-order valence-electron chi connectivity index (χ1n) is 7.10. The number of rotatable bonds is 5. The fourth-order valence-electron chi connectivity index (χ4n) is 2.62. The Hall–Kier alpha value is -1.71. The minimum absolute atomic E-state index is 0.245. The van der Waals surface area contributed by atoms with Gasteiger partial charge in [-0.05, 0) is 38.8 Å². The van der Waals surface area contributed by atoms with Crippen LogP contribution < -0.4 is 4.72 Å². The van der Waals surface area contributed by atoms with E-state index in [-0.39, 0.29) is 11.9 Å². The second-order valence-electron chi connectivity index (χ2n) is 5.31. The van der Waals surface area contributed by atoms with E-state index in [1.807, 2.05) is 0 Å². The molecule has 1 aliphatic heterocycles. The highest BCUT2D eigenvalue weighted by molar-refractivity contribution is 7.87. The number of nitrogens with one attached hydrogen (secondary N) is 1. The normalized spacial score (nSPS) is 21.3. The minimum atomic E-state index is -3.68. The maximum atomic E-state index is 12.6. The largest absolute Gasteiger partial charge is 0.468 e. The van der Waals surface area contributed by atoms with Gasteiger partial charge in [-0.2, -0.15) is 22.4 Å². The van der Waals surface area contributed by atoms with Gasteiger partial charge in [-0.3, -0.25) is 0 Å². The van der Waals surface area contributed by atoms with Gasteiger partial charge in [0.1, 0.15) is 5.76 Å². The minimum Gasteiger partial charge on any atom is -0.468 e. The zero-order chi connectivity index (χ0) is 15.7. The van der Waals surface area contributed by atoms with Crippen molar-refractivity contribution in [3.8, 4) is 0 Å². The highest BCUT2D eigenvalue weighted by atomic mass is 32.2. The Labute approximate surface area is 128 Å². The van der Waals surface area contributed by atoms with E-state index in [0.717, 1.165) is 12.8 Å². The van der Waals surface area contributed by atoms with Gasteiger partial charge in [-0.15, -0.1) is 0 Å². The lowest BCUT2D eigenvalue weighted by Gasteiger charge is -2.24. The fraction of sp³-hybridized carbons (Fsp3) is 0.538. The molecular formula is C13H18N4O4S. The van der Waals surface area contributed by atoms with Crippen LogP contribution in [0.25, 0.3) is 0 Å². The maximum absolute atomic E-state index is 12.6. The molecule has 0 aromatic carbocycles. The summed E-state index contributed by atoms with van der Waals surface area (Å²) in [5.74, 6) is 1.37. The summed E-state index contributed by atoms with van der Waals surface area (Å²) in [6.45, 7) is 3.81. The summed E-state index contributed by atoms with van der Waals surface area (Å²) in [6, 6.07) is 2.69. The van der Waals surface area contributed by atoms with Crippen molar-refractivity contribution in [3.63, 3.8) is 0 Å². The second-order valence-corrected chi connectivity index (χ2v) is 6.96. The molecule has 0 radical (unpaired) electrons. The molecule has 22 heavy (non-hydrogen) atoms. The highest BCUT2D eigenvalue weighted by Gasteiger charge is 2.37. The second kappa shape index (κ2) is 5.82. The third-order valence-electron chi connectivity index (χ3n) is 3.62.